The van der Waals surface area contributed by atoms with Crippen LogP contribution in [0.25, 0.3) is 0 Å². The van der Waals surface area contributed by atoms with Crippen molar-refractivity contribution in [2.24, 2.45) is 11.3 Å². The van der Waals surface area contributed by atoms with Crippen molar-refractivity contribution in [3.8, 4) is 11.5 Å². The fraction of sp³-hybridized carbons (Fsp3) is 0.455. The first-order chi connectivity index (χ1) is 20.8. The number of carbonyl (C=O) groups is 2. The van der Waals surface area contributed by atoms with Gasteiger partial charge in [-0.25, -0.2) is 14.4 Å². The zero-order valence-electron chi connectivity index (χ0n) is 24.7. The predicted molar refractivity (Wildman–Crippen MR) is 162 cm³/mol. The molecule has 2 aromatic carbocycles. The maximum absolute atomic E-state index is 14.5. The number of halogens is 1. The topological polar surface area (TPSA) is 90.9 Å². The Morgan fingerprint density at radius 1 is 1.09 bits per heavy atom. The highest BCUT2D eigenvalue weighted by molar-refractivity contribution is 5.99. The standard InChI is InChI=1S/C33H37FN6O3/c1-21(2)26-6-8-31(42)40(26)27-15-24(34)5-7-28(27)43-29-16-35-20-36-32(29)39-12-10-33(19-39)9-11-38(18-33)17-22-3-4-23-14-30(41)37-25(23)13-22/h3-5,7,13,15-16,20-21,26H,6,8-12,14,17-19H2,1-2H3,(H,37,41). The molecule has 2 amide bonds. The van der Waals surface area contributed by atoms with E-state index in [1.807, 2.05) is 0 Å². The second-order valence-electron chi connectivity index (χ2n) is 12.9. The number of aromatic nitrogens is 2. The van der Waals surface area contributed by atoms with E-state index in [0.717, 1.165) is 63.2 Å². The second kappa shape index (κ2) is 10.9. The molecular formula is C33H37FN6O3. The summed E-state index contributed by atoms with van der Waals surface area (Å²) in [5.74, 6) is 1.49. The van der Waals surface area contributed by atoms with E-state index in [2.05, 4.69) is 57.1 Å². The van der Waals surface area contributed by atoms with Crippen LogP contribution in [0.1, 0.15) is 50.7 Å². The lowest BCUT2D eigenvalue weighted by Gasteiger charge is -2.30. The van der Waals surface area contributed by atoms with E-state index in [0.29, 0.717) is 35.8 Å². The van der Waals surface area contributed by atoms with E-state index < -0.39 is 5.82 Å². The third-order valence-electron chi connectivity index (χ3n) is 9.54. The molecular weight excluding hydrogens is 547 g/mol. The van der Waals surface area contributed by atoms with Gasteiger partial charge < -0.3 is 19.9 Å². The molecule has 1 spiro atoms. The van der Waals surface area contributed by atoms with Crippen LogP contribution in [-0.4, -0.2) is 58.9 Å². The summed E-state index contributed by atoms with van der Waals surface area (Å²) in [6, 6.07) is 10.6. The molecule has 7 rings (SSSR count). The van der Waals surface area contributed by atoms with Crippen molar-refractivity contribution in [3.63, 3.8) is 0 Å². The minimum Gasteiger partial charge on any atom is -0.450 e. The van der Waals surface area contributed by atoms with Crippen molar-refractivity contribution in [1.82, 2.24) is 14.9 Å². The van der Waals surface area contributed by atoms with Crippen LogP contribution in [0.2, 0.25) is 0 Å². The molecule has 3 saturated heterocycles. The number of carbonyl (C=O) groups excluding carboxylic acids is 2. The van der Waals surface area contributed by atoms with Crippen molar-refractivity contribution in [2.45, 2.75) is 58.5 Å². The number of fused-ring (bicyclic) bond motifs is 1. The lowest BCUT2D eigenvalue weighted by atomic mass is 9.86. The third-order valence-corrected chi connectivity index (χ3v) is 9.54. The zero-order valence-corrected chi connectivity index (χ0v) is 24.7. The Labute approximate surface area is 251 Å². The molecule has 4 aliphatic heterocycles. The SMILES string of the molecule is CC(C)C1CCC(=O)N1c1cc(F)ccc1Oc1cncnc1N1CCC2(CCN(Cc3ccc4c(c3)NC(=O)C4)C2)C1. The Balaban J connectivity index is 1.07. The molecule has 2 unspecified atom stereocenters. The Morgan fingerprint density at radius 2 is 1.95 bits per heavy atom. The van der Waals surface area contributed by atoms with Crippen molar-refractivity contribution in [1.29, 1.82) is 0 Å². The Morgan fingerprint density at radius 3 is 2.81 bits per heavy atom. The Hall–Kier alpha value is -4.05. The number of benzene rings is 2. The monoisotopic (exact) mass is 584 g/mol. The number of ether oxygens (including phenoxy) is 1. The van der Waals surface area contributed by atoms with Gasteiger partial charge in [-0.15, -0.1) is 0 Å². The highest BCUT2D eigenvalue weighted by Crippen LogP contribution is 2.45. The van der Waals surface area contributed by atoms with Gasteiger partial charge in [0.1, 0.15) is 12.1 Å². The van der Waals surface area contributed by atoms with Crippen LogP contribution in [0.4, 0.5) is 21.6 Å². The summed E-state index contributed by atoms with van der Waals surface area (Å²) in [4.78, 5) is 40.0. The molecule has 3 fully saturated rings. The minimum absolute atomic E-state index is 0.0116. The van der Waals surface area contributed by atoms with Crippen LogP contribution in [0, 0.1) is 17.2 Å². The third kappa shape index (κ3) is 5.33. The molecule has 0 saturated carbocycles. The van der Waals surface area contributed by atoms with Gasteiger partial charge in [-0.1, -0.05) is 26.0 Å². The highest BCUT2D eigenvalue weighted by atomic mass is 19.1. The van der Waals surface area contributed by atoms with E-state index in [1.165, 1.54) is 24.0 Å². The van der Waals surface area contributed by atoms with Gasteiger partial charge in [0.05, 0.1) is 18.3 Å². The summed E-state index contributed by atoms with van der Waals surface area (Å²) in [5.41, 5.74) is 3.83. The first-order valence-corrected chi connectivity index (χ1v) is 15.3. The van der Waals surface area contributed by atoms with E-state index in [-0.39, 0.29) is 29.2 Å². The molecule has 224 valence electrons. The molecule has 0 bridgehead atoms. The molecule has 5 heterocycles. The van der Waals surface area contributed by atoms with Crippen molar-refractivity contribution in [3.05, 3.63) is 65.9 Å². The molecule has 43 heavy (non-hydrogen) atoms. The van der Waals surface area contributed by atoms with Crippen LogP contribution >= 0.6 is 0 Å². The average Bonchev–Trinajstić information content (AvgIpc) is 3.76. The Bertz CT molecular complexity index is 1580. The summed E-state index contributed by atoms with van der Waals surface area (Å²) in [6.45, 7) is 8.73. The zero-order chi connectivity index (χ0) is 29.7. The van der Waals surface area contributed by atoms with Crippen LogP contribution in [0.5, 0.6) is 11.5 Å². The van der Waals surface area contributed by atoms with Gasteiger partial charge in [0.15, 0.2) is 17.3 Å². The maximum atomic E-state index is 14.5. The smallest absolute Gasteiger partial charge is 0.228 e. The van der Waals surface area contributed by atoms with Crippen LogP contribution in [0.15, 0.2) is 48.9 Å². The largest absolute Gasteiger partial charge is 0.450 e. The van der Waals surface area contributed by atoms with E-state index in [4.69, 9.17) is 4.74 Å². The molecule has 10 heteroatoms. The number of nitrogens with zero attached hydrogens (tertiary/aromatic N) is 5. The summed E-state index contributed by atoms with van der Waals surface area (Å²) >= 11 is 0. The lowest BCUT2D eigenvalue weighted by molar-refractivity contribution is -0.117. The van der Waals surface area contributed by atoms with Crippen molar-refractivity contribution in [2.75, 3.05) is 41.3 Å². The molecule has 0 aliphatic carbocycles. The van der Waals surface area contributed by atoms with Gasteiger partial charge in [0.25, 0.3) is 0 Å². The highest BCUT2D eigenvalue weighted by Gasteiger charge is 2.44. The molecule has 0 radical (unpaired) electrons. The van der Waals surface area contributed by atoms with Gasteiger partial charge in [0, 0.05) is 55.8 Å². The number of hydrogen-bond donors (Lipinski definition) is 1. The van der Waals surface area contributed by atoms with Crippen molar-refractivity contribution < 1.29 is 18.7 Å². The summed E-state index contributed by atoms with van der Waals surface area (Å²) in [7, 11) is 0. The molecule has 3 aromatic rings. The minimum atomic E-state index is -0.411. The summed E-state index contributed by atoms with van der Waals surface area (Å²) in [6.07, 6.45) is 6.97. The van der Waals surface area contributed by atoms with E-state index in [9.17, 15) is 14.0 Å². The number of rotatable bonds is 7. The molecule has 1 aromatic heterocycles. The first kappa shape index (κ1) is 27.8. The first-order valence-electron chi connectivity index (χ1n) is 15.3. The fourth-order valence-corrected chi connectivity index (χ4v) is 7.38. The van der Waals surface area contributed by atoms with Gasteiger partial charge in [0.2, 0.25) is 11.8 Å². The lowest BCUT2D eigenvalue weighted by Crippen LogP contribution is -2.36. The average molecular weight is 585 g/mol. The Kier molecular flexibility index (Phi) is 7.04. The summed E-state index contributed by atoms with van der Waals surface area (Å²) in [5, 5.41) is 2.96. The van der Waals surface area contributed by atoms with E-state index in [1.54, 1.807) is 17.2 Å². The fourth-order valence-electron chi connectivity index (χ4n) is 7.38. The molecule has 1 N–H and O–H groups in total. The molecule has 4 aliphatic rings. The van der Waals surface area contributed by atoms with Gasteiger partial charge in [-0.3, -0.25) is 14.5 Å². The number of nitrogens with one attached hydrogen (secondary N) is 1. The second-order valence-corrected chi connectivity index (χ2v) is 12.9. The van der Waals surface area contributed by atoms with Crippen LogP contribution < -0.4 is 19.9 Å². The quantitative estimate of drug-likeness (QED) is 0.411. The summed E-state index contributed by atoms with van der Waals surface area (Å²) < 4.78 is 20.9. The number of hydrogen-bond acceptors (Lipinski definition) is 7. The van der Waals surface area contributed by atoms with Gasteiger partial charge in [-0.05, 0) is 61.1 Å². The molecule has 9 nitrogen and oxygen atoms in total. The number of anilines is 3. The number of amides is 2. The number of likely N-dealkylation sites (tertiary alicyclic amines) is 1. The van der Waals surface area contributed by atoms with E-state index >= 15 is 0 Å². The maximum Gasteiger partial charge on any atom is 0.228 e. The predicted octanol–water partition coefficient (Wildman–Crippen LogP) is 5.16. The van der Waals surface area contributed by atoms with Gasteiger partial charge in [-0.2, -0.15) is 0 Å². The van der Waals surface area contributed by atoms with Crippen LogP contribution in [0.3, 0.4) is 0 Å². The molecule has 2 atom stereocenters. The van der Waals surface area contributed by atoms with Crippen molar-refractivity contribution >= 4 is 29.0 Å². The van der Waals surface area contributed by atoms with Gasteiger partial charge >= 0.3 is 0 Å². The normalized spacial score (nSPS) is 23.6. The van der Waals surface area contributed by atoms with Crippen LogP contribution in [-0.2, 0) is 22.6 Å².